The second kappa shape index (κ2) is 8.10. The maximum Gasteiger partial charge on any atom is 0.335 e. The predicted octanol–water partition coefficient (Wildman–Crippen LogP) is 4.59. The van der Waals surface area contributed by atoms with Gasteiger partial charge in [0, 0.05) is 29.6 Å². The third-order valence-electron chi connectivity index (χ3n) is 4.05. The molecule has 1 aromatic heterocycles. The highest BCUT2D eigenvalue weighted by Crippen LogP contribution is 2.22. The van der Waals surface area contributed by atoms with Crippen molar-refractivity contribution in [1.29, 1.82) is 0 Å². The topological polar surface area (TPSA) is 67.3 Å². The van der Waals surface area contributed by atoms with E-state index in [1.807, 2.05) is 6.07 Å². The molecule has 27 heavy (non-hydrogen) atoms. The summed E-state index contributed by atoms with van der Waals surface area (Å²) in [4.78, 5) is 27.6. The van der Waals surface area contributed by atoms with E-state index in [0.717, 1.165) is 17.3 Å². The molecule has 0 fully saturated rings. The van der Waals surface area contributed by atoms with Crippen LogP contribution in [0.4, 0.5) is 4.39 Å². The number of nitrogens with zero attached hydrogens (tertiary/aromatic N) is 1. The van der Waals surface area contributed by atoms with Crippen LogP contribution in [0.1, 0.15) is 21.5 Å². The Morgan fingerprint density at radius 1 is 1.00 bits per heavy atom. The summed E-state index contributed by atoms with van der Waals surface area (Å²) in [6.07, 6.45) is 2.77. The first kappa shape index (κ1) is 18.7. The van der Waals surface area contributed by atoms with Crippen LogP contribution in [-0.4, -0.2) is 21.8 Å². The molecule has 0 unspecified atom stereocenters. The number of hydrogen-bond donors (Lipinski definition) is 1. The third-order valence-corrected chi connectivity index (χ3v) is 4.29. The number of halogens is 2. The molecule has 0 saturated carbocycles. The van der Waals surface area contributed by atoms with Crippen LogP contribution in [0.15, 0.2) is 60.9 Å². The Labute approximate surface area is 160 Å². The molecule has 0 aliphatic heterocycles. The van der Waals surface area contributed by atoms with Crippen LogP contribution in [0, 0.1) is 5.82 Å². The Bertz CT molecular complexity index is 1020. The summed E-state index contributed by atoms with van der Waals surface area (Å²) in [5.74, 6) is -1.68. The maximum absolute atomic E-state index is 13.4. The van der Waals surface area contributed by atoms with Crippen molar-refractivity contribution in [3.8, 4) is 11.1 Å². The maximum atomic E-state index is 13.4. The van der Waals surface area contributed by atoms with Gasteiger partial charge in [-0.3, -0.25) is 9.78 Å². The molecule has 2 aromatic carbocycles. The number of aromatic nitrogens is 1. The van der Waals surface area contributed by atoms with E-state index in [2.05, 4.69) is 4.98 Å². The van der Waals surface area contributed by atoms with Gasteiger partial charge < -0.3 is 5.11 Å². The number of carboxylic acid groups (broad SMARTS) is 1. The number of pyridine rings is 1. The fourth-order valence-corrected chi connectivity index (χ4v) is 3.05. The number of carboxylic acids is 1. The fraction of sp³-hybridized carbons (Fsp3) is 0.0952. The van der Waals surface area contributed by atoms with Crippen molar-refractivity contribution in [3.63, 3.8) is 0 Å². The highest BCUT2D eigenvalue weighted by molar-refractivity contribution is 6.30. The summed E-state index contributed by atoms with van der Waals surface area (Å²) >= 11 is 5.93. The Morgan fingerprint density at radius 3 is 2.56 bits per heavy atom. The number of Topliss-reactive ketones (excluding diaryl/α,β-unsaturated/α-hetero) is 1. The number of ketones is 1. The van der Waals surface area contributed by atoms with Crippen LogP contribution in [0.5, 0.6) is 0 Å². The molecular weight excluding hydrogens is 369 g/mol. The summed E-state index contributed by atoms with van der Waals surface area (Å²) in [5, 5.41) is 9.63. The average molecular weight is 384 g/mol. The summed E-state index contributed by atoms with van der Waals surface area (Å²) in [5.41, 5.74) is 2.56. The average Bonchev–Trinajstić information content (AvgIpc) is 2.61. The molecule has 6 heteroatoms. The van der Waals surface area contributed by atoms with E-state index >= 15 is 0 Å². The van der Waals surface area contributed by atoms with E-state index in [4.69, 9.17) is 11.6 Å². The van der Waals surface area contributed by atoms with Gasteiger partial charge in [0.1, 0.15) is 11.6 Å². The van der Waals surface area contributed by atoms with Crippen LogP contribution in [0.3, 0.4) is 0 Å². The fourth-order valence-electron chi connectivity index (χ4n) is 2.85. The van der Waals surface area contributed by atoms with Gasteiger partial charge in [-0.15, -0.1) is 0 Å². The standard InChI is InChI=1S/C21H15ClFNO3/c22-17-4-5-20(21(26)27)15(8-17)10-19(25)7-13-2-1-3-14(6-13)16-9-18(23)12-24-11-16/h1-6,8-9,11-12H,7,10H2,(H,26,27). The Balaban J connectivity index is 1.78. The Morgan fingerprint density at radius 2 is 1.81 bits per heavy atom. The van der Waals surface area contributed by atoms with Gasteiger partial charge in [-0.2, -0.15) is 0 Å². The molecule has 3 aromatic rings. The highest BCUT2D eigenvalue weighted by Gasteiger charge is 2.14. The van der Waals surface area contributed by atoms with Crippen LogP contribution in [0.25, 0.3) is 11.1 Å². The number of rotatable bonds is 6. The molecule has 0 bridgehead atoms. The quantitative estimate of drug-likeness (QED) is 0.675. The molecular formula is C21H15ClFNO3. The Hall–Kier alpha value is -3.05. The molecule has 0 radical (unpaired) electrons. The second-order valence-corrected chi connectivity index (χ2v) is 6.53. The number of aromatic carboxylic acids is 1. The van der Waals surface area contributed by atoms with Gasteiger partial charge >= 0.3 is 5.97 Å². The lowest BCUT2D eigenvalue weighted by Crippen LogP contribution is -2.11. The van der Waals surface area contributed by atoms with Gasteiger partial charge in [0.25, 0.3) is 0 Å². The number of benzene rings is 2. The molecule has 1 heterocycles. The van der Waals surface area contributed by atoms with Gasteiger partial charge in [0.15, 0.2) is 0 Å². The molecule has 0 aliphatic carbocycles. The lowest BCUT2D eigenvalue weighted by Gasteiger charge is -2.08. The molecule has 0 amide bonds. The monoisotopic (exact) mass is 383 g/mol. The van der Waals surface area contributed by atoms with Gasteiger partial charge in [-0.05, 0) is 41.0 Å². The van der Waals surface area contributed by atoms with Crippen molar-refractivity contribution in [2.45, 2.75) is 12.8 Å². The lowest BCUT2D eigenvalue weighted by atomic mass is 9.97. The molecule has 1 N–H and O–H groups in total. The van der Waals surface area contributed by atoms with Crippen molar-refractivity contribution >= 4 is 23.4 Å². The van der Waals surface area contributed by atoms with Crippen molar-refractivity contribution < 1.29 is 19.1 Å². The van der Waals surface area contributed by atoms with E-state index in [1.165, 1.54) is 24.3 Å². The van der Waals surface area contributed by atoms with Gasteiger partial charge in [-0.25, -0.2) is 9.18 Å². The highest BCUT2D eigenvalue weighted by atomic mass is 35.5. The van der Waals surface area contributed by atoms with E-state index in [-0.39, 0.29) is 24.2 Å². The molecule has 0 atom stereocenters. The van der Waals surface area contributed by atoms with Crippen molar-refractivity contribution in [2.24, 2.45) is 0 Å². The predicted molar refractivity (Wildman–Crippen MR) is 100 cm³/mol. The number of carbonyl (C=O) groups is 2. The third kappa shape index (κ3) is 4.77. The summed E-state index contributed by atoms with van der Waals surface area (Å²) < 4.78 is 13.4. The van der Waals surface area contributed by atoms with Crippen LogP contribution in [-0.2, 0) is 17.6 Å². The second-order valence-electron chi connectivity index (χ2n) is 6.09. The minimum absolute atomic E-state index is 0.0338. The lowest BCUT2D eigenvalue weighted by molar-refractivity contribution is -0.117. The van der Waals surface area contributed by atoms with Crippen LogP contribution >= 0.6 is 11.6 Å². The zero-order valence-electron chi connectivity index (χ0n) is 14.2. The van der Waals surface area contributed by atoms with Crippen molar-refractivity contribution in [1.82, 2.24) is 4.98 Å². The first-order chi connectivity index (χ1) is 12.9. The largest absolute Gasteiger partial charge is 0.478 e. The van der Waals surface area contributed by atoms with Gasteiger partial charge in [0.05, 0.1) is 11.8 Å². The summed E-state index contributed by atoms with van der Waals surface area (Å²) in [7, 11) is 0. The molecule has 3 rings (SSSR count). The SMILES string of the molecule is O=C(Cc1cccc(-c2cncc(F)c2)c1)Cc1cc(Cl)ccc1C(=O)O. The zero-order valence-corrected chi connectivity index (χ0v) is 14.9. The van der Waals surface area contributed by atoms with E-state index < -0.39 is 11.8 Å². The van der Waals surface area contributed by atoms with Gasteiger partial charge in [-0.1, -0.05) is 35.9 Å². The zero-order chi connectivity index (χ0) is 19.4. The van der Waals surface area contributed by atoms with E-state index in [0.29, 0.717) is 16.1 Å². The van der Waals surface area contributed by atoms with E-state index in [9.17, 15) is 19.1 Å². The summed E-state index contributed by atoms with van der Waals surface area (Å²) in [6, 6.07) is 12.9. The Kier molecular flexibility index (Phi) is 5.62. The molecule has 0 aliphatic rings. The van der Waals surface area contributed by atoms with Crippen molar-refractivity contribution in [3.05, 3.63) is 88.5 Å². The molecule has 4 nitrogen and oxygen atoms in total. The molecule has 0 saturated heterocycles. The molecule has 136 valence electrons. The van der Waals surface area contributed by atoms with Gasteiger partial charge in [0.2, 0.25) is 0 Å². The van der Waals surface area contributed by atoms with E-state index in [1.54, 1.807) is 24.4 Å². The first-order valence-corrected chi connectivity index (χ1v) is 8.53. The van der Waals surface area contributed by atoms with Crippen LogP contribution in [0.2, 0.25) is 5.02 Å². The normalized spacial score (nSPS) is 10.6. The van der Waals surface area contributed by atoms with Crippen LogP contribution < -0.4 is 0 Å². The smallest absolute Gasteiger partial charge is 0.335 e. The molecule has 0 spiro atoms. The van der Waals surface area contributed by atoms with Crippen molar-refractivity contribution in [2.75, 3.05) is 0 Å². The summed E-state index contributed by atoms with van der Waals surface area (Å²) in [6.45, 7) is 0. The number of carbonyl (C=O) groups excluding carboxylic acids is 1. The first-order valence-electron chi connectivity index (χ1n) is 8.15. The minimum atomic E-state index is -1.10. The minimum Gasteiger partial charge on any atom is -0.478 e. The number of hydrogen-bond acceptors (Lipinski definition) is 3.